The molecule has 0 saturated heterocycles. The highest BCUT2D eigenvalue weighted by Gasteiger charge is 1.98. The Balaban J connectivity index is 2.44. The lowest BCUT2D eigenvalue weighted by atomic mass is 10.2. The lowest BCUT2D eigenvalue weighted by Crippen LogP contribution is -2.33. The molecule has 5 heteroatoms. The largest absolute Gasteiger partial charge is 0.396 e. The van der Waals surface area contributed by atoms with Gasteiger partial charge in [0.15, 0.2) is 0 Å². The molecule has 1 heterocycles. The van der Waals surface area contributed by atoms with Gasteiger partial charge in [-0.1, -0.05) is 12.8 Å². The second-order valence-electron chi connectivity index (χ2n) is 3.41. The number of rotatable bonds is 6. The monoisotopic (exact) mass is 212 g/mol. The third-order valence-corrected chi connectivity index (χ3v) is 2.23. The minimum Gasteiger partial charge on any atom is -0.396 e. The quantitative estimate of drug-likeness (QED) is 0.656. The van der Waals surface area contributed by atoms with Crippen LogP contribution in [0.5, 0.6) is 0 Å². The summed E-state index contributed by atoms with van der Waals surface area (Å²) in [6, 6.07) is 1.34. The van der Waals surface area contributed by atoms with Gasteiger partial charge in [-0.3, -0.25) is 9.36 Å². The molecular weight excluding hydrogens is 196 g/mol. The van der Waals surface area contributed by atoms with Crippen LogP contribution in [0.4, 0.5) is 0 Å². The van der Waals surface area contributed by atoms with Crippen molar-refractivity contribution in [1.82, 2.24) is 9.55 Å². The lowest BCUT2D eigenvalue weighted by molar-refractivity contribution is 0.282. The second-order valence-corrected chi connectivity index (χ2v) is 3.41. The molecule has 0 fully saturated rings. The summed E-state index contributed by atoms with van der Waals surface area (Å²) in [5.41, 5.74) is -0.620. The predicted octanol–water partition coefficient (Wildman–Crippen LogP) is 0.0893. The van der Waals surface area contributed by atoms with Gasteiger partial charge < -0.3 is 10.1 Å². The van der Waals surface area contributed by atoms with E-state index in [0.717, 1.165) is 25.7 Å². The SMILES string of the molecule is O=c1cc[nH]c(=O)n1CCCCCCO. The van der Waals surface area contributed by atoms with Crippen LogP contribution in [0.15, 0.2) is 21.9 Å². The average Bonchev–Trinajstić information content (AvgIpc) is 2.21. The zero-order valence-electron chi connectivity index (χ0n) is 8.61. The van der Waals surface area contributed by atoms with Gasteiger partial charge in [0, 0.05) is 25.4 Å². The summed E-state index contributed by atoms with van der Waals surface area (Å²) in [4.78, 5) is 25.0. The molecule has 84 valence electrons. The summed E-state index contributed by atoms with van der Waals surface area (Å²) in [6.45, 7) is 0.645. The van der Waals surface area contributed by atoms with Crippen LogP contribution in [0.25, 0.3) is 0 Å². The van der Waals surface area contributed by atoms with Crippen LogP contribution in [-0.2, 0) is 6.54 Å². The molecular formula is C10H16N2O3. The first-order chi connectivity index (χ1) is 7.25. The molecule has 0 saturated carbocycles. The average molecular weight is 212 g/mol. The van der Waals surface area contributed by atoms with Gasteiger partial charge in [0.25, 0.3) is 5.56 Å². The molecule has 1 rings (SSSR count). The van der Waals surface area contributed by atoms with E-state index in [1.165, 1.54) is 16.8 Å². The normalized spacial score (nSPS) is 10.5. The van der Waals surface area contributed by atoms with Crippen molar-refractivity contribution in [2.75, 3.05) is 6.61 Å². The van der Waals surface area contributed by atoms with Gasteiger partial charge in [0.1, 0.15) is 0 Å². The van der Waals surface area contributed by atoms with Crippen LogP contribution in [0.2, 0.25) is 0 Å². The maximum Gasteiger partial charge on any atom is 0.328 e. The fourth-order valence-electron chi connectivity index (χ4n) is 1.40. The molecule has 2 N–H and O–H groups in total. The Kier molecular flexibility index (Phi) is 4.83. The molecule has 0 unspecified atom stereocenters. The van der Waals surface area contributed by atoms with Crippen LogP contribution in [-0.4, -0.2) is 21.3 Å². The van der Waals surface area contributed by atoms with E-state index in [9.17, 15) is 9.59 Å². The summed E-state index contributed by atoms with van der Waals surface area (Å²) < 4.78 is 1.19. The van der Waals surface area contributed by atoms with E-state index >= 15 is 0 Å². The maximum atomic E-state index is 11.3. The molecule has 15 heavy (non-hydrogen) atoms. The number of nitrogens with zero attached hydrogens (tertiary/aromatic N) is 1. The second kappa shape index (κ2) is 6.19. The molecule has 0 aliphatic carbocycles. The third-order valence-electron chi connectivity index (χ3n) is 2.23. The molecule has 5 nitrogen and oxygen atoms in total. The number of H-pyrrole nitrogens is 1. The Morgan fingerprint density at radius 2 is 1.93 bits per heavy atom. The van der Waals surface area contributed by atoms with Gasteiger partial charge in [0.05, 0.1) is 0 Å². The van der Waals surface area contributed by atoms with E-state index in [-0.39, 0.29) is 17.9 Å². The highest BCUT2D eigenvalue weighted by molar-refractivity contribution is 4.82. The van der Waals surface area contributed by atoms with Crippen molar-refractivity contribution < 1.29 is 5.11 Å². The highest BCUT2D eigenvalue weighted by atomic mass is 16.3. The van der Waals surface area contributed by atoms with Crippen molar-refractivity contribution in [2.45, 2.75) is 32.2 Å². The molecule has 0 aliphatic rings. The van der Waals surface area contributed by atoms with Crippen LogP contribution in [0.1, 0.15) is 25.7 Å². The fraction of sp³-hybridized carbons (Fsp3) is 0.600. The van der Waals surface area contributed by atoms with E-state index in [1.54, 1.807) is 0 Å². The number of unbranched alkanes of at least 4 members (excludes halogenated alkanes) is 3. The summed E-state index contributed by atoms with van der Waals surface area (Å²) in [5.74, 6) is 0. The number of aliphatic hydroxyl groups is 1. The number of hydrogen-bond acceptors (Lipinski definition) is 3. The van der Waals surface area contributed by atoms with E-state index < -0.39 is 0 Å². The molecule has 0 aliphatic heterocycles. The van der Waals surface area contributed by atoms with Crippen molar-refractivity contribution in [3.05, 3.63) is 33.1 Å². The molecule has 1 aromatic heterocycles. The predicted molar refractivity (Wildman–Crippen MR) is 56.9 cm³/mol. The minimum absolute atomic E-state index is 0.200. The number of aliphatic hydroxyl groups excluding tert-OH is 1. The van der Waals surface area contributed by atoms with Crippen molar-refractivity contribution in [3.63, 3.8) is 0 Å². The fourth-order valence-corrected chi connectivity index (χ4v) is 1.40. The van der Waals surface area contributed by atoms with Gasteiger partial charge in [0.2, 0.25) is 0 Å². The smallest absolute Gasteiger partial charge is 0.328 e. The first-order valence-electron chi connectivity index (χ1n) is 5.15. The number of hydrogen-bond donors (Lipinski definition) is 2. The number of aromatic nitrogens is 2. The Morgan fingerprint density at radius 3 is 2.60 bits per heavy atom. The summed E-state index contributed by atoms with van der Waals surface area (Å²) in [5, 5.41) is 8.56. The first kappa shape index (κ1) is 11.7. The Labute approximate surface area is 87.4 Å². The van der Waals surface area contributed by atoms with Crippen LogP contribution < -0.4 is 11.2 Å². The lowest BCUT2D eigenvalue weighted by Gasteiger charge is -2.02. The highest BCUT2D eigenvalue weighted by Crippen LogP contribution is 1.99. The van der Waals surface area contributed by atoms with Crippen LogP contribution >= 0.6 is 0 Å². The molecule has 0 spiro atoms. The van der Waals surface area contributed by atoms with Crippen molar-refractivity contribution >= 4 is 0 Å². The third kappa shape index (κ3) is 3.71. The van der Waals surface area contributed by atoms with Gasteiger partial charge in [-0.15, -0.1) is 0 Å². The Hall–Kier alpha value is -1.36. The molecule has 1 aromatic rings. The summed E-state index contributed by atoms with van der Waals surface area (Å²) in [6.07, 6.45) is 4.76. The molecule has 0 bridgehead atoms. The topological polar surface area (TPSA) is 75.1 Å². The standard InChI is InChI=1S/C10H16N2O3/c13-8-4-2-1-3-7-12-9(14)5-6-11-10(12)15/h5-6,13H,1-4,7-8H2,(H,11,15). The van der Waals surface area contributed by atoms with Crippen molar-refractivity contribution in [3.8, 4) is 0 Å². The van der Waals surface area contributed by atoms with Crippen LogP contribution in [0, 0.1) is 0 Å². The summed E-state index contributed by atoms with van der Waals surface area (Å²) >= 11 is 0. The van der Waals surface area contributed by atoms with E-state index in [4.69, 9.17) is 5.11 Å². The number of nitrogens with one attached hydrogen (secondary N) is 1. The minimum atomic E-state index is -0.357. The van der Waals surface area contributed by atoms with Gasteiger partial charge >= 0.3 is 5.69 Å². The first-order valence-corrected chi connectivity index (χ1v) is 5.15. The zero-order valence-corrected chi connectivity index (χ0v) is 8.61. The van der Waals surface area contributed by atoms with E-state index in [0.29, 0.717) is 6.54 Å². The summed E-state index contributed by atoms with van der Waals surface area (Å²) in [7, 11) is 0. The van der Waals surface area contributed by atoms with Crippen molar-refractivity contribution in [2.24, 2.45) is 0 Å². The van der Waals surface area contributed by atoms with Gasteiger partial charge in [-0.2, -0.15) is 0 Å². The van der Waals surface area contributed by atoms with Crippen LogP contribution in [0.3, 0.4) is 0 Å². The molecule has 0 amide bonds. The molecule has 0 atom stereocenters. The molecule has 0 aromatic carbocycles. The number of aromatic amines is 1. The van der Waals surface area contributed by atoms with Gasteiger partial charge in [-0.25, -0.2) is 4.79 Å². The Morgan fingerprint density at radius 1 is 1.20 bits per heavy atom. The Bertz CT molecular complexity index is 366. The van der Waals surface area contributed by atoms with E-state index in [2.05, 4.69) is 4.98 Å². The maximum absolute atomic E-state index is 11.3. The zero-order chi connectivity index (χ0) is 11.1. The molecule has 0 radical (unpaired) electrons. The van der Waals surface area contributed by atoms with Crippen molar-refractivity contribution in [1.29, 1.82) is 0 Å². The van der Waals surface area contributed by atoms with E-state index in [1.807, 2.05) is 0 Å². The van der Waals surface area contributed by atoms with Gasteiger partial charge in [-0.05, 0) is 12.8 Å².